The van der Waals surface area contributed by atoms with Crippen LogP contribution in [0.4, 0.5) is 0 Å². The van der Waals surface area contributed by atoms with Gasteiger partial charge in [-0.15, -0.1) is 0 Å². The minimum atomic E-state index is 0.121. The second-order valence-corrected chi connectivity index (χ2v) is 5.97. The van der Waals surface area contributed by atoms with Crippen LogP contribution in [0.3, 0.4) is 0 Å². The molecule has 2 rings (SSSR count). The topological polar surface area (TPSA) is 33.0 Å². The van der Waals surface area contributed by atoms with E-state index in [1.54, 1.807) is 0 Å². The van der Waals surface area contributed by atoms with E-state index in [1.807, 2.05) is 62.4 Å². The molecule has 2 aromatic rings. The zero-order valence-corrected chi connectivity index (χ0v) is 14.4. The van der Waals surface area contributed by atoms with Crippen LogP contribution >= 0.6 is 11.6 Å². The maximum atomic E-state index is 9.41. The van der Waals surface area contributed by atoms with Gasteiger partial charge in [0.15, 0.2) is 0 Å². The van der Waals surface area contributed by atoms with Crippen LogP contribution in [0.15, 0.2) is 42.5 Å². The van der Waals surface area contributed by atoms with Crippen LogP contribution in [0, 0.1) is 18.3 Å². The van der Waals surface area contributed by atoms with Gasteiger partial charge in [0.1, 0.15) is 5.75 Å². The quantitative estimate of drug-likeness (QED) is 0.507. The maximum Gasteiger partial charge on any atom is 0.138 e. The second-order valence-electron chi connectivity index (χ2n) is 5.56. The molecule has 0 aliphatic rings. The standard InChI is InChI=1S/C20H20ClNO/c1-4-15(3)23-20-10-7-16(12-19(20)21)11-18(13-22)17-8-5-14(2)6-9-17/h5-12,15H,4H2,1-3H3/b18-11-. The van der Waals surface area contributed by atoms with Crippen LogP contribution in [0.1, 0.15) is 37.0 Å². The number of rotatable bonds is 5. The molecule has 0 aromatic heterocycles. The molecule has 0 aliphatic heterocycles. The van der Waals surface area contributed by atoms with Crippen molar-refractivity contribution < 1.29 is 4.74 Å². The first-order valence-corrected chi connectivity index (χ1v) is 8.06. The summed E-state index contributed by atoms with van der Waals surface area (Å²) in [6, 6.07) is 15.7. The molecule has 0 spiro atoms. The highest BCUT2D eigenvalue weighted by Gasteiger charge is 2.07. The summed E-state index contributed by atoms with van der Waals surface area (Å²) >= 11 is 6.29. The summed E-state index contributed by atoms with van der Waals surface area (Å²) in [5, 5.41) is 9.96. The molecule has 0 radical (unpaired) electrons. The number of hydrogen-bond acceptors (Lipinski definition) is 2. The fourth-order valence-corrected chi connectivity index (χ4v) is 2.32. The maximum absolute atomic E-state index is 9.41. The number of nitrogens with zero attached hydrogens (tertiary/aromatic N) is 1. The molecule has 2 aromatic carbocycles. The first-order valence-electron chi connectivity index (χ1n) is 7.68. The SMILES string of the molecule is CCC(C)Oc1ccc(/C=C(/C#N)c2ccc(C)cc2)cc1Cl. The van der Waals surface area contributed by atoms with Crippen LogP contribution in [0.5, 0.6) is 5.75 Å². The van der Waals surface area contributed by atoms with Crippen LogP contribution in [0.2, 0.25) is 5.02 Å². The van der Waals surface area contributed by atoms with Crippen molar-refractivity contribution in [3.63, 3.8) is 0 Å². The van der Waals surface area contributed by atoms with E-state index in [1.165, 1.54) is 5.56 Å². The van der Waals surface area contributed by atoms with E-state index in [9.17, 15) is 5.26 Å². The highest BCUT2D eigenvalue weighted by molar-refractivity contribution is 6.32. The molecule has 118 valence electrons. The summed E-state index contributed by atoms with van der Waals surface area (Å²) in [5.74, 6) is 0.673. The summed E-state index contributed by atoms with van der Waals surface area (Å²) in [6.07, 6.45) is 2.88. The van der Waals surface area contributed by atoms with E-state index in [0.29, 0.717) is 16.3 Å². The average molecular weight is 326 g/mol. The Balaban J connectivity index is 2.29. The molecule has 1 unspecified atom stereocenters. The van der Waals surface area contributed by atoms with E-state index >= 15 is 0 Å². The van der Waals surface area contributed by atoms with Gasteiger partial charge in [-0.05, 0) is 49.6 Å². The Kier molecular flexibility index (Phi) is 5.84. The van der Waals surface area contributed by atoms with Crippen molar-refractivity contribution >= 4 is 23.3 Å². The minimum absolute atomic E-state index is 0.121. The average Bonchev–Trinajstić information content (AvgIpc) is 2.55. The van der Waals surface area contributed by atoms with E-state index in [2.05, 4.69) is 13.0 Å². The molecular weight excluding hydrogens is 306 g/mol. The van der Waals surface area contributed by atoms with Gasteiger partial charge in [0.05, 0.1) is 22.8 Å². The number of halogens is 1. The fourth-order valence-electron chi connectivity index (χ4n) is 2.08. The van der Waals surface area contributed by atoms with Crippen molar-refractivity contribution in [1.29, 1.82) is 5.26 Å². The van der Waals surface area contributed by atoms with Gasteiger partial charge in [-0.2, -0.15) is 5.26 Å². The molecule has 1 atom stereocenters. The predicted molar refractivity (Wildman–Crippen MR) is 96.5 cm³/mol. The molecule has 0 saturated heterocycles. The monoisotopic (exact) mass is 325 g/mol. The van der Waals surface area contributed by atoms with E-state index < -0.39 is 0 Å². The van der Waals surface area contributed by atoms with Crippen LogP contribution in [-0.2, 0) is 0 Å². The minimum Gasteiger partial charge on any atom is -0.489 e. The van der Waals surface area contributed by atoms with Crippen molar-refractivity contribution in [1.82, 2.24) is 0 Å². The predicted octanol–water partition coefficient (Wildman–Crippen LogP) is 5.89. The molecule has 2 nitrogen and oxygen atoms in total. The molecular formula is C20H20ClNO. The molecule has 3 heteroatoms. The van der Waals surface area contributed by atoms with Gasteiger partial charge in [0.2, 0.25) is 0 Å². The molecule has 0 N–H and O–H groups in total. The van der Waals surface area contributed by atoms with Crippen LogP contribution < -0.4 is 4.74 Å². The lowest BCUT2D eigenvalue weighted by molar-refractivity contribution is 0.217. The molecule has 23 heavy (non-hydrogen) atoms. The fraction of sp³-hybridized carbons (Fsp3) is 0.250. The van der Waals surface area contributed by atoms with Gasteiger partial charge in [-0.25, -0.2) is 0 Å². The van der Waals surface area contributed by atoms with Gasteiger partial charge in [-0.3, -0.25) is 0 Å². The van der Waals surface area contributed by atoms with Gasteiger partial charge in [-0.1, -0.05) is 54.4 Å². The third-order valence-electron chi connectivity index (χ3n) is 3.65. The Hall–Kier alpha value is -2.24. The summed E-state index contributed by atoms with van der Waals surface area (Å²) in [5.41, 5.74) is 3.55. The Morgan fingerprint density at radius 2 is 1.96 bits per heavy atom. The molecule has 0 bridgehead atoms. The lowest BCUT2D eigenvalue weighted by Crippen LogP contribution is -2.09. The lowest BCUT2D eigenvalue weighted by Gasteiger charge is -2.14. The molecule has 0 amide bonds. The van der Waals surface area contributed by atoms with Crippen molar-refractivity contribution in [2.75, 3.05) is 0 Å². The Bertz CT molecular complexity index is 741. The molecule has 0 saturated carbocycles. The normalized spacial score (nSPS) is 12.6. The third-order valence-corrected chi connectivity index (χ3v) is 3.95. The van der Waals surface area contributed by atoms with Crippen LogP contribution in [-0.4, -0.2) is 6.10 Å². The van der Waals surface area contributed by atoms with Crippen molar-refractivity contribution in [3.05, 3.63) is 64.2 Å². The van der Waals surface area contributed by atoms with E-state index in [0.717, 1.165) is 17.5 Å². The number of benzene rings is 2. The summed E-state index contributed by atoms with van der Waals surface area (Å²) in [6.45, 7) is 6.10. The lowest BCUT2D eigenvalue weighted by atomic mass is 10.0. The third kappa shape index (κ3) is 4.61. The van der Waals surface area contributed by atoms with Gasteiger partial charge in [0, 0.05) is 0 Å². The summed E-state index contributed by atoms with van der Waals surface area (Å²) in [4.78, 5) is 0. The second kappa shape index (κ2) is 7.85. The van der Waals surface area contributed by atoms with E-state index in [-0.39, 0.29) is 6.10 Å². The summed E-state index contributed by atoms with van der Waals surface area (Å²) in [7, 11) is 0. The van der Waals surface area contributed by atoms with Crippen molar-refractivity contribution in [3.8, 4) is 11.8 Å². The largest absolute Gasteiger partial charge is 0.489 e. The van der Waals surface area contributed by atoms with Crippen molar-refractivity contribution in [2.45, 2.75) is 33.3 Å². The Morgan fingerprint density at radius 3 is 2.52 bits per heavy atom. The molecule has 0 aliphatic carbocycles. The van der Waals surface area contributed by atoms with Gasteiger partial charge in [0.25, 0.3) is 0 Å². The highest BCUT2D eigenvalue weighted by atomic mass is 35.5. The van der Waals surface area contributed by atoms with Crippen molar-refractivity contribution in [2.24, 2.45) is 0 Å². The zero-order chi connectivity index (χ0) is 16.8. The highest BCUT2D eigenvalue weighted by Crippen LogP contribution is 2.28. The van der Waals surface area contributed by atoms with E-state index in [4.69, 9.17) is 16.3 Å². The smallest absolute Gasteiger partial charge is 0.138 e. The number of aryl methyl sites for hydroxylation is 1. The van der Waals surface area contributed by atoms with Crippen LogP contribution in [0.25, 0.3) is 11.6 Å². The Labute approximate surface area is 143 Å². The first kappa shape index (κ1) is 17.1. The Morgan fingerprint density at radius 1 is 1.26 bits per heavy atom. The molecule has 0 fully saturated rings. The zero-order valence-electron chi connectivity index (χ0n) is 13.6. The number of ether oxygens (including phenoxy) is 1. The summed E-state index contributed by atoms with van der Waals surface area (Å²) < 4.78 is 5.76. The number of nitriles is 1. The number of allylic oxidation sites excluding steroid dienone is 1. The van der Waals surface area contributed by atoms with Gasteiger partial charge < -0.3 is 4.74 Å². The first-order chi connectivity index (χ1) is 11.0. The van der Waals surface area contributed by atoms with Gasteiger partial charge >= 0.3 is 0 Å². The number of hydrogen-bond donors (Lipinski definition) is 0. The molecule has 0 heterocycles.